The van der Waals surface area contributed by atoms with Gasteiger partial charge in [0.25, 0.3) is 0 Å². The molecule has 0 spiro atoms. The molecular weight excluding hydrogens is 228 g/mol. The molecule has 2 rings (SSSR count). The fourth-order valence-electron chi connectivity index (χ4n) is 2.64. The van der Waals surface area contributed by atoms with Crippen LogP contribution in [0.1, 0.15) is 30.0 Å². The van der Waals surface area contributed by atoms with Gasteiger partial charge < -0.3 is 9.47 Å². The van der Waals surface area contributed by atoms with Crippen molar-refractivity contribution in [1.82, 2.24) is 5.43 Å². The third-order valence-corrected chi connectivity index (χ3v) is 3.85. The van der Waals surface area contributed by atoms with E-state index in [1.807, 2.05) is 0 Å². The highest BCUT2D eigenvalue weighted by molar-refractivity contribution is 5.26. The second-order valence-electron chi connectivity index (χ2n) is 4.89. The summed E-state index contributed by atoms with van der Waals surface area (Å²) in [5.74, 6) is 5.76. The van der Waals surface area contributed by atoms with E-state index >= 15 is 0 Å². The Hall–Kier alpha value is -0.940. The summed E-state index contributed by atoms with van der Waals surface area (Å²) in [5, 5.41) is 0. The van der Waals surface area contributed by atoms with Gasteiger partial charge in [-0.3, -0.25) is 11.3 Å². The number of methoxy groups -OCH3 is 1. The molecule has 18 heavy (non-hydrogen) atoms. The Morgan fingerprint density at radius 3 is 2.39 bits per heavy atom. The van der Waals surface area contributed by atoms with Crippen molar-refractivity contribution in [3.63, 3.8) is 0 Å². The molecule has 4 heteroatoms. The van der Waals surface area contributed by atoms with E-state index in [2.05, 4.69) is 36.6 Å². The van der Waals surface area contributed by atoms with Crippen LogP contribution in [-0.4, -0.2) is 25.9 Å². The molecule has 100 valence electrons. The average Bonchev–Trinajstić information content (AvgIpc) is 2.43. The molecule has 1 atom stereocenters. The monoisotopic (exact) mass is 250 g/mol. The molecule has 0 radical (unpaired) electrons. The van der Waals surface area contributed by atoms with Gasteiger partial charge in [-0.1, -0.05) is 29.8 Å². The fourth-order valence-corrected chi connectivity index (χ4v) is 2.64. The summed E-state index contributed by atoms with van der Waals surface area (Å²) in [5.41, 5.74) is 5.05. The number of benzene rings is 1. The maximum Gasteiger partial charge on any atom is 0.0929 e. The largest absolute Gasteiger partial charge is 0.381 e. The van der Waals surface area contributed by atoms with Gasteiger partial charge in [-0.05, 0) is 12.5 Å². The van der Waals surface area contributed by atoms with Crippen LogP contribution in [0.25, 0.3) is 0 Å². The smallest absolute Gasteiger partial charge is 0.0929 e. The summed E-state index contributed by atoms with van der Waals surface area (Å²) < 4.78 is 11.2. The highest BCUT2D eigenvalue weighted by Crippen LogP contribution is 2.36. The van der Waals surface area contributed by atoms with Crippen LogP contribution in [0.15, 0.2) is 24.3 Å². The summed E-state index contributed by atoms with van der Waals surface area (Å²) in [7, 11) is 1.75. The Morgan fingerprint density at radius 2 is 1.89 bits per heavy atom. The van der Waals surface area contributed by atoms with Crippen LogP contribution in [0.3, 0.4) is 0 Å². The Morgan fingerprint density at radius 1 is 1.28 bits per heavy atom. The van der Waals surface area contributed by atoms with Gasteiger partial charge in [0.15, 0.2) is 0 Å². The minimum atomic E-state index is -0.276. The fraction of sp³-hybridized carbons (Fsp3) is 0.571. The second kappa shape index (κ2) is 5.80. The number of hydrazine groups is 1. The van der Waals surface area contributed by atoms with Crippen LogP contribution in [0.5, 0.6) is 0 Å². The number of hydrogen-bond donors (Lipinski definition) is 2. The molecule has 1 aromatic rings. The quantitative estimate of drug-likeness (QED) is 0.631. The number of rotatable bonds is 4. The van der Waals surface area contributed by atoms with Crippen LogP contribution in [0.4, 0.5) is 0 Å². The van der Waals surface area contributed by atoms with E-state index in [1.165, 1.54) is 5.56 Å². The first-order chi connectivity index (χ1) is 8.72. The Labute approximate surface area is 108 Å². The molecular formula is C14H22N2O2. The maximum atomic E-state index is 5.79. The molecule has 1 aromatic carbocycles. The lowest BCUT2D eigenvalue weighted by molar-refractivity contribution is -0.111. The highest BCUT2D eigenvalue weighted by Gasteiger charge is 2.41. The van der Waals surface area contributed by atoms with Crippen LogP contribution in [0.2, 0.25) is 0 Å². The van der Waals surface area contributed by atoms with Gasteiger partial charge in [0, 0.05) is 33.2 Å². The molecule has 0 aliphatic carbocycles. The van der Waals surface area contributed by atoms with Gasteiger partial charge in [-0.2, -0.15) is 0 Å². The maximum absolute atomic E-state index is 5.79. The standard InChI is InChI=1S/C14H22N2O2/c1-11-3-5-12(6-4-11)13(16-15)14(17-2)7-9-18-10-8-14/h3-6,13,16H,7-10,15H2,1-2H3. The molecule has 3 N–H and O–H groups in total. The third kappa shape index (κ3) is 2.57. The van der Waals surface area contributed by atoms with Gasteiger partial charge in [0.05, 0.1) is 11.6 Å². The SMILES string of the molecule is COC1(C(NN)c2ccc(C)cc2)CCOCC1. The van der Waals surface area contributed by atoms with E-state index in [4.69, 9.17) is 15.3 Å². The summed E-state index contributed by atoms with van der Waals surface area (Å²) in [6, 6.07) is 8.41. The van der Waals surface area contributed by atoms with Crippen LogP contribution >= 0.6 is 0 Å². The summed E-state index contributed by atoms with van der Waals surface area (Å²) in [6.07, 6.45) is 1.71. The zero-order valence-electron chi connectivity index (χ0n) is 11.1. The topological polar surface area (TPSA) is 56.5 Å². The van der Waals surface area contributed by atoms with Gasteiger partial charge in [0.1, 0.15) is 0 Å². The van der Waals surface area contributed by atoms with E-state index in [9.17, 15) is 0 Å². The second-order valence-corrected chi connectivity index (χ2v) is 4.89. The molecule has 0 saturated carbocycles. The van der Waals surface area contributed by atoms with E-state index < -0.39 is 0 Å². The molecule has 1 aliphatic rings. The van der Waals surface area contributed by atoms with Crippen molar-refractivity contribution >= 4 is 0 Å². The number of nitrogens with one attached hydrogen (secondary N) is 1. The summed E-state index contributed by atoms with van der Waals surface area (Å²) in [6.45, 7) is 3.52. The van der Waals surface area contributed by atoms with E-state index in [1.54, 1.807) is 7.11 Å². The third-order valence-electron chi connectivity index (χ3n) is 3.85. The zero-order chi connectivity index (χ0) is 13.0. The molecule has 1 unspecified atom stereocenters. The van der Waals surface area contributed by atoms with Crippen LogP contribution in [0, 0.1) is 6.92 Å². The average molecular weight is 250 g/mol. The first-order valence-corrected chi connectivity index (χ1v) is 6.37. The lowest BCUT2D eigenvalue weighted by Crippen LogP contribution is -2.51. The van der Waals surface area contributed by atoms with E-state index in [0.29, 0.717) is 0 Å². The van der Waals surface area contributed by atoms with Crippen molar-refractivity contribution in [3.05, 3.63) is 35.4 Å². The van der Waals surface area contributed by atoms with Gasteiger partial charge in [-0.25, -0.2) is 0 Å². The molecule has 1 heterocycles. The Kier molecular flexibility index (Phi) is 4.35. The van der Waals surface area contributed by atoms with E-state index in [0.717, 1.165) is 31.6 Å². The van der Waals surface area contributed by atoms with Crippen molar-refractivity contribution in [2.24, 2.45) is 5.84 Å². The lowest BCUT2D eigenvalue weighted by atomic mass is 9.82. The number of hydrogen-bond acceptors (Lipinski definition) is 4. The lowest BCUT2D eigenvalue weighted by Gasteiger charge is -2.42. The first-order valence-electron chi connectivity index (χ1n) is 6.37. The predicted octanol–water partition coefficient (Wildman–Crippen LogP) is 1.70. The van der Waals surface area contributed by atoms with Crippen LogP contribution < -0.4 is 11.3 Å². The molecule has 1 fully saturated rings. The number of ether oxygens (including phenoxy) is 2. The Bertz CT molecular complexity index is 372. The van der Waals surface area contributed by atoms with E-state index in [-0.39, 0.29) is 11.6 Å². The summed E-state index contributed by atoms with van der Waals surface area (Å²) in [4.78, 5) is 0. The van der Waals surface area contributed by atoms with Crippen molar-refractivity contribution in [3.8, 4) is 0 Å². The molecule has 4 nitrogen and oxygen atoms in total. The molecule has 1 aliphatic heterocycles. The first kappa shape index (κ1) is 13.5. The van der Waals surface area contributed by atoms with Crippen molar-refractivity contribution in [1.29, 1.82) is 0 Å². The molecule has 0 amide bonds. The number of nitrogens with two attached hydrogens (primary N) is 1. The molecule has 0 bridgehead atoms. The highest BCUT2D eigenvalue weighted by atomic mass is 16.5. The molecule has 1 saturated heterocycles. The Balaban J connectivity index is 2.27. The van der Waals surface area contributed by atoms with Crippen molar-refractivity contribution in [2.75, 3.05) is 20.3 Å². The van der Waals surface area contributed by atoms with Crippen molar-refractivity contribution in [2.45, 2.75) is 31.4 Å². The normalized spacial score (nSPS) is 20.6. The zero-order valence-corrected chi connectivity index (χ0v) is 11.1. The summed E-state index contributed by atoms with van der Waals surface area (Å²) >= 11 is 0. The van der Waals surface area contributed by atoms with Crippen LogP contribution in [-0.2, 0) is 9.47 Å². The van der Waals surface area contributed by atoms with Gasteiger partial charge in [-0.15, -0.1) is 0 Å². The molecule has 0 aromatic heterocycles. The number of aryl methyl sites for hydroxylation is 1. The predicted molar refractivity (Wildman–Crippen MR) is 71.0 cm³/mol. The van der Waals surface area contributed by atoms with Gasteiger partial charge >= 0.3 is 0 Å². The minimum Gasteiger partial charge on any atom is -0.381 e. The minimum absolute atomic E-state index is 0.00741. The van der Waals surface area contributed by atoms with Crippen molar-refractivity contribution < 1.29 is 9.47 Å². The van der Waals surface area contributed by atoms with Gasteiger partial charge in [0.2, 0.25) is 0 Å².